The van der Waals surface area contributed by atoms with Crippen molar-refractivity contribution >= 4 is 5.97 Å². The highest BCUT2D eigenvalue weighted by molar-refractivity contribution is 5.73. The summed E-state index contributed by atoms with van der Waals surface area (Å²) in [6, 6.07) is 10.2. The van der Waals surface area contributed by atoms with Gasteiger partial charge in [-0.05, 0) is 32.3 Å². The smallest absolute Gasteiger partial charge is 0.311 e. The van der Waals surface area contributed by atoms with Crippen molar-refractivity contribution in [3.05, 3.63) is 48.0 Å². The third-order valence-corrected chi connectivity index (χ3v) is 4.40. The third-order valence-electron chi connectivity index (χ3n) is 4.40. The van der Waals surface area contributed by atoms with Crippen molar-refractivity contribution in [2.75, 3.05) is 6.61 Å². The zero-order valence-corrected chi connectivity index (χ0v) is 13.7. The first-order valence-electron chi connectivity index (χ1n) is 8.10. The van der Waals surface area contributed by atoms with E-state index in [0.717, 1.165) is 24.0 Å². The lowest BCUT2D eigenvalue weighted by Crippen LogP contribution is -2.41. The van der Waals surface area contributed by atoms with E-state index in [9.17, 15) is 4.79 Å². The molecule has 0 amide bonds. The molecule has 2 rings (SSSR count). The van der Waals surface area contributed by atoms with Gasteiger partial charge in [0.15, 0.2) is 0 Å². The number of hydrogen-bond acceptors (Lipinski definition) is 3. The second-order valence-electron chi connectivity index (χ2n) is 5.96. The number of ether oxygens (including phenoxy) is 2. The number of carbonyl (C=O) groups excluding carboxylic acids is 1. The van der Waals surface area contributed by atoms with Gasteiger partial charge in [-0.1, -0.05) is 49.4 Å². The lowest BCUT2D eigenvalue weighted by molar-refractivity contribution is -0.168. The summed E-state index contributed by atoms with van der Waals surface area (Å²) in [5.74, 6) is -0.210. The van der Waals surface area contributed by atoms with Crippen LogP contribution in [0.3, 0.4) is 0 Å². The highest BCUT2D eigenvalue weighted by Gasteiger charge is 2.42. The van der Waals surface area contributed by atoms with Crippen molar-refractivity contribution in [1.29, 1.82) is 0 Å². The van der Waals surface area contributed by atoms with Gasteiger partial charge in [0.25, 0.3) is 0 Å². The molecule has 0 radical (unpaired) electrons. The lowest BCUT2D eigenvalue weighted by Gasteiger charge is -2.41. The normalized spacial score (nSPS) is 28.1. The van der Waals surface area contributed by atoms with Gasteiger partial charge in [0.05, 0.1) is 24.7 Å². The van der Waals surface area contributed by atoms with Crippen LogP contribution in [-0.4, -0.2) is 18.7 Å². The summed E-state index contributed by atoms with van der Waals surface area (Å²) in [5.41, 5.74) is 2.20. The van der Waals surface area contributed by atoms with Crippen LogP contribution >= 0.6 is 0 Å². The van der Waals surface area contributed by atoms with Crippen molar-refractivity contribution in [1.82, 2.24) is 0 Å². The highest BCUT2D eigenvalue weighted by Crippen LogP contribution is 2.43. The summed E-state index contributed by atoms with van der Waals surface area (Å²) in [6.45, 7) is 10.4. The molecule has 0 spiro atoms. The Morgan fingerprint density at radius 1 is 1.27 bits per heavy atom. The highest BCUT2D eigenvalue weighted by atomic mass is 16.5. The van der Waals surface area contributed by atoms with E-state index < -0.39 is 0 Å². The lowest BCUT2D eigenvalue weighted by atomic mass is 9.77. The standard InChI is InChI=1S/C19H26O3/c1-5-17-16(19(20)21-6-2)12-15(13(3)4)18(22-17)14-10-8-7-9-11-14/h7-11,15-18H,3,5-6,12H2,1-2,4H3/t15-,16+,17+,18-/m0/s1. The minimum absolute atomic E-state index is 0.0330. The van der Waals surface area contributed by atoms with E-state index in [1.807, 2.05) is 32.0 Å². The zero-order valence-electron chi connectivity index (χ0n) is 13.7. The number of hydrogen-bond donors (Lipinski definition) is 0. The molecule has 1 saturated heterocycles. The van der Waals surface area contributed by atoms with Crippen molar-refractivity contribution in [3.8, 4) is 0 Å². The van der Waals surface area contributed by atoms with Gasteiger partial charge < -0.3 is 9.47 Å². The molecule has 1 aliphatic heterocycles. The van der Waals surface area contributed by atoms with Crippen LogP contribution in [-0.2, 0) is 14.3 Å². The molecule has 1 aliphatic rings. The fraction of sp³-hybridized carbons (Fsp3) is 0.526. The second-order valence-corrected chi connectivity index (χ2v) is 5.96. The average Bonchev–Trinajstić information content (AvgIpc) is 2.54. The minimum atomic E-state index is -0.202. The van der Waals surface area contributed by atoms with E-state index in [2.05, 4.69) is 25.6 Å². The summed E-state index contributed by atoms with van der Waals surface area (Å²) in [5, 5.41) is 0. The molecule has 0 saturated carbocycles. The van der Waals surface area contributed by atoms with Crippen LogP contribution in [0.2, 0.25) is 0 Å². The molecule has 1 heterocycles. The maximum atomic E-state index is 12.2. The largest absolute Gasteiger partial charge is 0.466 e. The molecule has 4 atom stereocenters. The van der Waals surface area contributed by atoms with Gasteiger partial charge in [-0.2, -0.15) is 0 Å². The van der Waals surface area contributed by atoms with E-state index in [1.165, 1.54) is 0 Å². The number of carbonyl (C=O) groups is 1. The van der Waals surface area contributed by atoms with Crippen molar-refractivity contribution < 1.29 is 14.3 Å². The molecule has 0 N–H and O–H groups in total. The summed E-state index contributed by atoms with van der Waals surface area (Å²) in [6.07, 6.45) is 1.41. The van der Waals surface area contributed by atoms with Crippen LogP contribution in [0.25, 0.3) is 0 Å². The van der Waals surface area contributed by atoms with Crippen LogP contribution in [0.15, 0.2) is 42.5 Å². The molecule has 1 aromatic carbocycles. The van der Waals surface area contributed by atoms with Gasteiger partial charge in [0, 0.05) is 5.92 Å². The molecule has 1 aromatic rings. The van der Waals surface area contributed by atoms with E-state index in [-0.39, 0.29) is 30.0 Å². The van der Waals surface area contributed by atoms with Crippen LogP contribution in [0.4, 0.5) is 0 Å². The maximum absolute atomic E-state index is 12.2. The molecule has 3 nitrogen and oxygen atoms in total. The first-order valence-corrected chi connectivity index (χ1v) is 8.10. The fourth-order valence-corrected chi connectivity index (χ4v) is 3.22. The first kappa shape index (κ1) is 16.8. The summed E-state index contributed by atoms with van der Waals surface area (Å²) in [4.78, 5) is 12.2. The van der Waals surface area contributed by atoms with E-state index in [4.69, 9.17) is 9.47 Å². The van der Waals surface area contributed by atoms with E-state index in [1.54, 1.807) is 0 Å². The van der Waals surface area contributed by atoms with Gasteiger partial charge in [0.1, 0.15) is 0 Å². The second kappa shape index (κ2) is 7.59. The Morgan fingerprint density at radius 3 is 2.50 bits per heavy atom. The maximum Gasteiger partial charge on any atom is 0.311 e. The molecule has 120 valence electrons. The predicted molar refractivity (Wildman–Crippen MR) is 87.4 cm³/mol. The topological polar surface area (TPSA) is 35.5 Å². The molecule has 3 heteroatoms. The SMILES string of the molecule is C=C(C)[C@@H]1C[C@@H](C(=O)OCC)[C@@H](CC)O[C@H]1c1ccccc1. The van der Waals surface area contributed by atoms with Gasteiger partial charge in [0.2, 0.25) is 0 Å². The third kappa shape index (κ3) is 3.58. The Morgan fingerprint density at radius 2 is 1.95 bits per heavy atom. The average molecular weight is 302 g/mol. The summed E-state index contributed by atoms with van der Waals surface area (Å²) >= 11 is 0. The molecule has 0 bridgehead atoms. The van der Waals surface area contributed by atoms with Crippen LogP contribution in [0, 0.1) is 11.8 Å². The molecular weight excluding hydrogens is 276 g/mol. The first-order chi connectivity index (χ1) is 10.6. The Hall–Kier alpha value is -1.61. The number of benzene rings is 1. The van der Waals surface area contributed by atoms with E-state index in [0.29, 0.717) is 6.61 Å². The Kier molecular flexibility index (Phi) is 5.78. The van der Waals surface area contributed by atoms with Gasteiger partial charge in [-0.3, -0.25) is 4.79 Å². The molecule has 22 heavy (non-hydrogen) atoms. The van der Waals surface area contributed by atoms with Crippen LogP contribution in [0.5, 0.6) is 0 Å². The number of esters is 1. The Labute approximate surface area is 133 Å². The van der Waals surface area contributed by atoms with Crippen LogP contribution in [0.1, 0.15) is 45.3 Å². The quantitative estimate of drug-likeness (QED) is 0.601. The molecule has 0 aliphatic carbocycles. The Balaban J connectivity index is 2.27. The van der Waals surface area contributed by atoms with Crippen molar-refractivity contribution in [2.45, 2.75) is 45.8 Å². The summed E-state index contributed by atoms with van der Waals surface area (Å²) < 4.78 is 11.5. The van der Waals surface area contributed by atoms with Gasteiger partial charge in [-0.15, -0.1) is 0 Å². The molecular formula is C19H26O3. The molecule has 1 fully saturated rings. The van der Waals surface area contributed by atoms with Crippen LogP contribution < -0.4 is 0 Å². The fourth-order valence-electron chi connectivity index (χ4n) is 3.22. The monoisotopic (exact) mass is 302 g/mol. The number of rotatable bonds is 5. The molecule has 0 aromatic heterocycles. The van der Waals surface area contributed by atoms with Gasteiger partial charge >= 0.3 is 5.97 Å². The molecule has 0 unspecified atom stereocenters. The van der Waals surface area contributed by atoms with Gasteiger partial charge in [-0.25, -0.2) is 0 Å². The summed E-state index contributed by atoms with van der Waals surface area (Å²) in [7, 11) is 0. The van der Waals surface area contributed by atoms with Crippen molar-refractivity contribution in [2.24, 2.45) is 11.8 Å². The minimum Gasteiger partial charge on any atom is -0.466 e. The predicted octanol–water partition coefficient (Wildman–Crippen LogP) is 4.30. The van der Waals surface area contributed by atoms with E-state index >= 15 is 0 Å². The zero-order chi connectivity index (χ0) is 16.1. The van der Waals surface area contributed by atoms with Crippen molar-refractivity contribution in [3.63, 3.8) is 0 Å². The Bertz CT molecular complexity index is 509.